The molecule has 0 heterocycles. The molecule has 0 bridgehead atoms. The largest absolute Gasteiger partial charge is 0.492 e. The van der Waals surface area contributed by atoms with E-state index >= 15 is 0 Å². The third-order valence-electron chi connectivity index (χ3n) is 3.72. The van der Waals surface area contributed by atoms with Crippen LogP contribution in [0.3, 0.4) is 0 Å². The molecule has 4 heteroatoms. The zero-order valence-corrected chi connectivity index (χ0v) is 12.9. The van der Waals surface area contributed by atoms with Gasteiger partial charge in [-0.3, -0.25) is 4.90 Å². The summed E-state index contributed by atoms with van der Waals surface area (Å²) in [5.74, 6) is 0.933. The van der Waals surface area contributed by atoms with Crippen LogP contribution in [0.5, 0.6) is 5.75 Å². The van der Waals surface area contributed by atoms with Crippen molar-refractivity contribution in [2.24, 2.45) is 5.73 Å². The minimum atomic E-state index is 0.720. The quantitative estimate of drug-likeness (QED) is 0.837. The number of nitrogens with zero attached hydrogens (tertiary/aromatic N) is 1. The van der Waals surface area contributed by atoms with Crippen LogP contribution in [0.2, 0.25) is 0 Å². The first-order chi connectivity index (χ1) is 9.29. The van der Waals surface area contributed by atoms with Crippen molar-refractivity contribution in [3.8, 4) is 5.75 Å². The Morgan fingerprint density at radius 3 is 2.47 bits per heavy atom. The summed E-state index contributed by atoms with van der Waals surface area (Å²) in [5.41, 5.74) is 5.71. The average Bonchev–Trinajstić information content (AvgIpc) is 2.94. The molecule has 1 aromatic rings. The molecule has 0 saturated heterocycles. The highest BCUT2D eigenvalue weighted by atomic mass is 79.9. The molecule has 19 heavy (non-hydrogen) atoms. The Morgan fingerprint density at radius 1 is 1.16 bits per heavy atom. The molecule has 0 aliphatic heterocycles. The Labute approximate surface area is 124 Å². The minimum Gasteiger partial charge on any atom is -0.492 e. The van der Waals surface area contributed by atoms with Gasteiger partial charge in [0.2, 0.25) is 0 Å². The molecule has 3 nitrogen and oxygen atoms in total. The van der Waals surface area contributed by atoms with Crippen LogP contribution in [0.25, 0.3) is 0 Å². The molecule has 0 spiro atoms. The first-order valence-electron chi connectivity index (χ1n) is 7.12. The van der Waals surface area contributed by atoms with Gasteiger partial charge in [-0.2, -0.15) is 0 Å². The molecule has 2 N–H and O–H groups in total. The maximum atomic E-state index is 5.79. The summed E-state index contributed by atoms with van der Waals surface area (Å²) in [7, 11) is 0. The fraction of sp³-hybridized carbons (Fsp3) is 0.600. The van der Waals surface area contributed by atoms with Crippen molar-refractivity contribution in [2.75, 3.05) is 26.2 Å². The van der Waals surface area contributed by atoms with Crippen molar-refractivity contribution in [3.63, 3.8) is 0 Å². The number of hydrogen-bond acceptors (Lipinski definition) is 3. The van der Waals surface area contributed by atoms with Crippen LogP contribution in [-0.2, 0) is 0 Å². The summed E-state index contributed by atoms with van der Waals surface area (Å²) in [6.45, 7) is 3.42. The van der Waals surface area contributed by atoms with E-state index in [2.05, 4.69) is 20.8 Å². The fourth-order valence-corrected chi connectivity index (χ4v) is 2.99. The Hall–Kier alpha value is -0.580. The van der Waals surface area contributed by atoms with Crippen molar-refractivity contribution in [1.82, 2.24) is 4.90 Å². The normalized spacial score (nSPS) is 16.2. The van der Waals surface area contributed by atoms with Crippen LogP contribution in [0, 0.1) is 0 Å². The molecule has 2 rings (SSSR count). The van der Waals surface area contributed by atoms with Crippen LogP contribution in [0.15, 0.2) is 28.7 Å². The van der Waals surface area contributed by atoms with E-state index < -0.39 is 0 Å². The smallest absolute Gasteiger partial charge is 0.119 e. The van der Waals surface area contributed by atoms with E-state index in [1.165, 1.54) is 25.7 Å². The van der Waals surface area contributed by atoms with Gasteiger partial charge in [0.05, 0.1) is 0 Å². The number of rotatable bonds is 7. The van der Waals surface area contributed by atoms with Gasteiger partial charge in [-0.25, -0.2) is 0 Å². The SMILES string of the molecule is NCCN(CCOc1ccc(Br)cc1)C1CCCC1. The van der Waals surface area contributed by atoms with E-state index in [4.69, 9.17) is 10.5 Å². The van der Waals surface area contributed by atoms with E-state index in [1.54, 1.807) is 0 Å². The molecule has 106 valence electrons. The maximum Gasteiger partial charge on any atom is 0.119 e. The standard InChI is InChI=1S/C15H23BrN2O/c16-13-5-7-15(8-6-13)19-12-11-18(10-9-17)14-3-1-2-4-14/h5-8,14H,1-4,9-12,17H2. The predicted octanol–water partition coefficient (Wildman–Crippen LogP) is 3.03. The molecule has 0 unspecified atom stereocenters. The van der Waals surface area contributed by atoms with Crippen LogP contribution in [0.4, 0.5) is 0 Å². The number of nitrogens with two attached hydrogens (primary N) is 1. The zero-order valence-electron chi connectivity index (χ0n) is 11.4. The summed E-state index contributed by atoms with van der Waals surface area (Å²) >= 11 is 3.42. The Morgan fingerprint density at radius 2 is 1.84 bits per heavy atom. The molecule has 1 aromatic carbocycles. The molecule has 0 radical (unpaired) electrons. The minimum absolute atomic E-state index is 0.720. The number of ether oxygens (including phenoxy) is 1. The van der Waals surface area contributed by atoms with Gasteiger partial charge in [-0.1, -0.05) is 28.8 Å². The van der Waals surface area contributed by atoms with Gasteiger partial charge < -0.3 is 10.5 Å². The second kappa shape index (κ2) is 7.88. The van der Waals surface area contributed by atoms with Crippen molar-refractivity contribution in [3.05, 3.63) is 28.7 Å². The van der Waals surface area contributed by atoms with E-state index in [0.29, 0.717) is 0 Å². The summed E-state index contributed by atoms with van der Waals surface area (Å²) < 4.78 is 6.87. The third kappa shape index (κ3) is 4.79. The van der Waals surface area contributed by atoms with Gasteiger partial charge in [-0.15, -0.1) is 0 Å². The lowest BCUT2D eigenvalue weighted by atomic mass is 10.2. The topological polar surface area (TPSA) is 38.5 Å². The average molecular weight is 327 g/mol. The first kappa shape index (κ1) is 14.8. The van der Waals surface area contributed by atoms with Crippen LogP contribution >= 0.6 is 15.9 Å². The van der Waals surface area contributed by atoms with Gasteiger partial charge in [0.1, 0.15) is 12.4 Å². The van der Waals surface area contributed by atoms with E-state index in [9.17, 15) is 0 Å². The number of benzene rings is 1. The fourth-order valence-electron chi connectivity index (χ4n) is 2.72. The monoisotopic (exact) mass is 326 g/mol. The number of hydrogen-bond donors (Lipinski definition) is 1. The Bertz CT molecular complexity index is 363. The van der Waals surface area contributed by atoms with Crippen molar-refractivity contribution in [2.45, 2.75) is 31.7 Å². The van der Waals surface area contributed by atoms with Crippen LogP contribution in [-0.4, -0.2) is 37.2 Å². The summed E-state index contributed by atoms with van der Waals surface area (Å²) in [6.07, 6.45) is 5.36. The lowest BCUT2D eigenvalue weighted by molar-refractivity contribution is 0.164. The molecule has 1 aliphatic rings. The third-order valence-corrected chi connectivity index (χ3v) is 4.25. The van der Waals surface area contributed by atoms with Crippen molar-refractivity contribution >= 4 is 15.9 Å². The molecular formula is C15H23BrN2O. The summed E-state index contributed by atoms with van der Waals surface area (Å²) in [5, 5.41) is 0. The first-order valence-corrected chi connectivity index (χ1v) is 7.91. The van der Waals surface area contributed by atoms with Gasteiger partial charge in [0, 0.05) is 30.1 Å². The summed E-state index contributed by atoms with van der Waals surface area (Å²) in [4.78, 5) is 2.49. The molecule has 0 amide bonds. The molecule has 1 saturated carbocycles. The van der Waals surface area contributed by atoms with Crippen LogP contribution < -0.4 is 10.5 Å². The Balaban J connectivity index is 1.76. The lowest BCUT2D eigenvalue weighted by Crippen LogP contribution is -2.39. The highest BCUT2D eigenvalue weighted by molar-refractivity contribution is 9.10. The highest BCUT2D eigenvalue weighted by Gasteiger charge is 2.21. The second-order valence-corrected chi connectivity index (χ2v) is 5.98. The number of halogens is 1. The van der Waals surface area contributed by atoms with Gasteiger partial charge in [-0.05, 0) is 37.1 Å². The zero-order chi connectivity index (χ0) is 13.5. The van der Waals surface area contributed by atoms with Crippen LogP contribution in [0.1, 0.15) is 25.7 Å². The van der Waals surface area contributed by atoms with E-state index in [0.717, 1.165) is 42.5 Å². The molecule has 0 atom stereocenters. The van der Waals surface area contributed by atoms with Gasteiger partial charge in [0.25, 0.3) is 0 Å². The molecule has 0 aromatic heterocycles. The predicted molar refractivity (Wildman–Crippen MR) is 82.5 cm³/mol. The second-order valence-electron chi connectivity index (χ2n) is 5.07. The maximum absolute atomic E-state index is 5.79. The molecule has 1 aliphatic carbocycles. The van der Waals surface area contributed by atoms with Gasteiger partial charge in [0.15, 0.2) is 0 Å². The van der Waals surface area contributed by atoms with E-state index in [-0.39, 0.29) is 0 Å². The Kier molecular flexibility index (Phi) is 6.14. The molecular weight excluding hydrogens is 304 g/mol. The lowest BCUT2D eigenvalue weighted by Gasteiger charge is -2.28. The van der Waals surface area contributed by atoms with Crippen molar-refractivity contribution < 1.29 is 4.74 Å². The summed E-state index contributed by atoms with van der Waals surface area (Å²) in [6, 6.07) is 8.71. The highest BCUT2D eigenvalue weighted by Crippen LogP contribution is 2.23. The van der Waals surface area contributed by atoms with E-state index in [1.807, 2.05) is 24.3 Å². The molecule has 1 fully saturated rings. The van der Waals surface area contributed by atoms with Gasteiger partial charge >= 0.3 is 0 Å². The van der Waals surface area contributed by atoms with Crippen molar-refractivity contribution in [1.29, 1.82) is 0 Å².